The molecule has 17 heteroatoms. The lowest BCUT2D eigenvalue weighted by Crippen LogP contribution is -2.66. The molecule has 5 aliphatic heterocycles. The summed E-state index contributed by atoms with van der Waals surface area (Å²) < 4.78 is 49.5. The van der Waals surface area contributed by atoms with E-state index >= 15 is 0 Å². The van der Waals surface area contributed by atoms with Crippen LogP contribution in [-0.2, 0) is 37.9 Å². The summed E-state index contributed by atoms with van der Waals surface area (Å²) in [6.07, 6.45) is -11.8. The van der Waals surface area contributed by atoms with Crippen molar-refractivity contribution in [1.82, 2.24) is 0 Å². The Morgan fingerprint density at radius 1 is 0.738 bits per heavy atom. The standard InChI is InChI=1S/C44H70O17/c1-19-8-13-44(55-17-19)20(2)29-27(61-44)15-43(53)25-7-6-22-14-23(9-11-41(22,4)24(25)10-12-42(29,43)5)57-40-37(60-39-34(51)32(49)30(47)21(3)56-39)35(52)36(28(16-45)58-40)59-38-33(50)31(48)26(46)18-54-38/h6,19-21,23-40,45-53H,7-18H2,1-5H3/t19-,20+,21+,23+,24+,25-,26-,27+,28-,29+,30+,31+,32-,33-,34-,35+,36-,37-,38+,39+,40-,41+,42-,43-,44+/m1/s1. The number of ether oxygens (including phenoxy) is 8. The fourth-order valence-corrected chi connectivity index (χ4v) is 13.7. The Balaban J connectivity index is 0.925. The molecule has 0 bridgehead atoms. The van der Waals surface area contributed by atoms with Gasteiger partial charge in [0.1, 0.15) is 61.0 Å². The minimum absolute atomic E-state index is 0.0513. The molecule has 9 aliphatic rings. The molecule has 9 rings (SSSR count). The van der Waals surface area contributed by atoms with Crippen LogP contribution in [0.2, 0.25) is 0 Å². The first-order valence-corrected chi connectivity index (χ1v) is 22.9. The molecule has 17 nitrogen and oxygen atoms in total. The van der Waals surface area contributed by atoms with Gasteiger partial charge in [0.2, 0.25) is 0 Å². The maximum atomic E-state index is 13.0. The van der Waals surface area contributed by atoms with Crippen molar-refractivity contribution in [1.29, 1.82) is 0 Å². The van der Waals surface area contributed by atoms with E-state index < -0.39 is 110 Å². The zero-order valence-electron chi connectivity index (χ0n) is 36.0. The number of hydrogen-bond acceptors (Lipinski definition) is 17. The van der Waals surface area contributed by atoms with Crippen molar-refractivity contribution in [3.8, 4) is 0 Å². The van der Waals surface area contributed by atoms with Crippen LogP contribution in [0.15, 0.2) is 11.6 Å². The van der Waals surface area contributed by atoms with E-state index in [0.29, 0.717) is 31.8 Å². The zero-order chi connectivity index (χ0) is 43.6. The maximum Gasteiger partial charge on any atom is 0.187 e. The van der Waals surface area contributed by atoms with Gasteiger partial charge in [-0.1, -0.05) is 39.3 Å². The largest absolute Gasteiger partial charge is 0.394 e. The highest BCUT2D eigenvalue weighted by Gasteiger charge is 2.74. The van der Waals surface area contributed by atoms with E-state index in [4.69, 9.17) is 37.9 Å². The van der Waals surface area contributed by atoms with Crippen LogP contribution in [0.3, 0.4) is 0 Å². The Hall–Kier alpha value is -0.940. The first-order chi connectivity index (χ1) is 28.9. The fourth-order valence-electron chi connectivity index (χ4n) is 13.7. The first kappa shape index (κ1) is 45.2. The Labute approximate surface area is 357 Å². The van der Waals surface area contributed by atoms with Crippen molar-refractivity contribution in [2.45, 2.75) is 202 Å². The lowest BCUT2D eigenvalue weighted by Gasteiger charge is -2.62. The third-order valence-electron chi connectivity index (χ3n) is 17.5. The van der Waals surface area contributed by atoms with Gasteiger partial charge in [-0.15, -0.1) is 0 Å². The van der Waals surface area contributed by atoms with Gasteiger partial charge in [-0.3, -0.25) is 0 Å². The smallest absolute Gasteiger partial charge is 0.187 e. The molecule has 25 atom stereocenters. The molecular formula is C44H70O17. The summed E-state index contributed by atoms with van der Waals surface area (Å²) in [5, 5.41) is 98.1. The highest BCUT2D eigenvalue weighted by Crippen LogP contribution is 2.72. The van der Waals surface area contributed by atoms with Crippen LogP contribution < -0.4 is 0 Å². The molecule has 8 fully saturated rings. The first-order valence-electron chi connectivity index (χ1n) is 22.9. The van der Waals surface area contributed by atoms with Crippen LogP contribution in [0.4, 0.5) is 0 Å². The molecule has 0 radical (unpaired) electrons. The number of rotatable bonds is 7. The van der Waals surface area contributed by atoms with Crippen molar-refractivity contribution >= 4 is 0 Å². The van der Waals surface area contributed by atoms with E-state index in [-0.39, 0.29) is 47.2 Å². The molecule has 0 aromatic carbocycles. The number of aliphatic hydroxyl groups is 9. The molecule has 348 valence electrons. The molecule has 5 heterocycles. The molecule has 61 heavy (non-hydrogen) atoms. The molecule has 4 aliphatic carbocycles. The number of aliphatic hydroxyl groups excluding tert-OH is 8. The van der Waals surface area contributed by atoms with Crippen molar-refractivity contribution in [2.75, 3.05) is 19.8 Å². The number of fused-ring (bicyclic) bond motifs is 7. The second-order valence-electron chi connectivity index (χ2n) is 20.8. The van der Waals surface area contributed by atoms with E-state index in [1.54, 1.807) is 0 Å². The van der Waals surface area contributed by atoms with Crippen molar-refractivity contribution in [3.63, 3.8) is 0 Å². The molecule has 0 aromatic heterocycles. The Kier molecular flexibility index (Phi) is 12.2. The minimum atomic E-state index is -1.73. The summed E-state index contributed by atoms with van der Waals surface area (Å²) in [4.78, 5) is 0. The topological polar surface area (TPSA) is 256 Å². The van der Waals surface area contributed by atoms with Gasteiger partial charge in [-0.25, -0.2) is 0 Å². The lowest BCUT2D eigenvalue weighted by molar-refractivity contribution is -0.385. The Morgan fingerprint density at radius 2 is 1.48 bits per heavy atom. The third kappa shape index (κ3) is 7.14. The molecular weight excluding hydrogens is 800 g/mol. The third-order valence-corrected chi connectivity index (χ3v) is 17.5. The van der Waals surface area contributed by atoms with Crippen molar-refractivity contribution in [3.05, 3.63) is 11.6 Å². The summed E-state index contributed by atoms with van der Waals surface area (Å²) in [6.45, 7) is 10.3. The second-order valence-corrected chi connectivity index (χ2v) is 20.8. The summed E-state index contributed by atoms with van der Waals surface area (Å²) in [5.41, 5.74) is -0.160. The highest BCUT2D eigenvalue weighted by molar-refractivity contribution is 5.29. The van der Waals surface area contributed by atoms with Crippen LogP contribution in [0.5, 0.6) is 0 Å². The Bertz CT molecular complexity index is 1610. The molecule has 9 N–H and O–H groups in total. The second kappa shape index (κ2) is 16.4. The summed E-state index contributed by atoms with van der Waals surface area (Å²) in [5.74, 6) is 0.647. The van der Waals surface area contributed by atoms with Gasteiger partial charge in [0.15, 0.2) is 24.7 Å². The maximum absolute atomic E-state index is 13.0. The number of hydrogen-bond donors (Lipinski definition) is 9. The lowest BCUT2D eigenvalue weighted by atomic mass is 9.45. The van der Waals surface area contributed by atoms with Gasteiger partial charge in [0, 0.05) is 30.1 Å². The molecule has 0 unspecified atom stereocenters. The highest BCUT2D eigenvalue weighted by atomic mass is 16.8. The number of allylic oxidation sites excluding steroid dienone is 1. The van der Waals surface area contributed by atoms with Crippen LogP contribution in [0.1, 0.15) is 92.4 Å². The van der Waals surface area contributed by atoms with Crippen LogP contribution in [0.25, 0.3) is 0 Å². The fraction of sp³-hybridized carbons (Fsp3) is 0.955. The predicted octanol–water partition coefficient (Wildman–Crippen LogP) is -0.0319. The van der Waals surface area contributed by atoms with E-state index in [2.05, 4.69) is 33.8 Å². The van der Waals surface area contributed by atoms with Gasteiger partial charge in [-0.05, 0) is 75.0 Å². The van der Waals surface area contributed by atoms with Gasteiger partial charge in [-0.2, -0.15) is 0 Å². The van der Waals surface area contributed by atoms with Gasteiger partial charge < -0.3 is 83.9 Å². The molecule has 3 saturated carbocycles. The zero-order valence-corrected chi connectivity index (χ0v) is 36.0. The molecule has 0 aromatic rings. The van der Waals surface area contributed by atoms with E-state index in [9.17, 15) is 46.0 Å². The summed E-state index contributed by atoms with van der Waals surface area (Å²) >= 11 is 0. The average molecular weight is 871 g/mol. The molecule has 0 amide bonds. The van der Waals surface area contributed by atoms with E-state index in [0.717, 1.165) is 38.5 Å². The predicted molar refractivity (Wildman–Crippen MR) is 210 cm³/mol. The van der Waals surface area contributed by atoms with Crippen LogP contribution >= 0.6 is 0 Å². The van der Waals surface area contributed by atoms with Gasteiger partial charge >= 0.3 is 0 Å². The van der Waals surface area contributed by atoms with E-state index in [1.165, 1.54) is 12.5 Å². The van der Waals surface area contributed by atoms with Crippen LogP contribution in [0, 0.1) is 40.4 Å². The monoisotopic (exact) mass is 870 g/mol. The van der Waals surface area contributed by atoms with Crippen LogP contribution in [-0.4, -0.2) is 175 Å². The normalized spacial score (nSPS) is 58.4. The quantitative estimate of drug-likeness (QED) is 0.152. The average Bonchev–Trinajstić information content (AvgIpc) is 3.63. The van der Waals surface area contributed by atoms with Crippen molar-refractivity contribution < 1.29 is 83.9 Å². The van der Waals surface area contributed by atoms with E-state index in [1.807, 2.05) is 0 Å². The minimum Gasteiger partial charge on any atom is -0.394 e. The van der Waals surface area contributed by atoms with Crippen molar-refractivity contribution in [2.24, 2.45) is 40.4 Å². The van der Waals surface area contributed by atoms with Gasteiger partial charge in [0.25, 0.3) is 0 Å². The molecule has 5 saturated heterocycles. The molecule has 1 spiro atoms. The summed E-state index contributed by atoms with van der Waals surface area (Å²) in [7, 11) is 0. The van der Waals surface area contributed by atoms with Gasteiger partial charge in [0.05, 0.1) is 43.7 Å². The SMILES string of the molecule is C[C@@H]1CC[C@]2(OC1)O[C@H]1C[C@@]3(O)[C@@H]4CC=C5C[C@@H](O[C@@H]6O[C@H](CO)[C@@H](O[C@@H]7OC[C@@H](O)[C@H](O)[C@H]7O)[C@H](O)[C@H]6O[C@@H]6O[C@@H](C)[C@H](O)[C@@H](O)[C@H]6O)CC[C@]5(C)[C@H]4CC[C@]3(C)[C@H]1[C@@H]2C. The Morgan fingerprint density at radius 3 is 2.20 bits per heavy atom. The summed E-state index contributed by atoms with van der Waals surface area (Å²) in [6, 6.07) is 0.